The van der Waals surface area contributed by atoms with Crippen LogP contribution in [0.3, 0.4) is 0 Å². The van der Waals surface area contributed by atoms with Gasteiger partial charge >= 0.3 is 5.97 Å². The van der Waals surface area contributed by atoms with Gasteiger partial charge < -0.3 is 5.11 Å². The zero-order chi connectivity index (χ0) is 15.1. The molecule has 1 rings (SSSR count). The molecule has 0 heterocycles. The lowest BCUT2D eigenvalue weighted by Gasteiger charge is -2.26. The van der Waals surface area contributed by atoms with Crippen molar-refractivity contribution in [2.75, 3.05) is 0 Å². The SMILES string of the molecule is CCCc1ccc(C(NC(CC)C(=O)O)C(C)C)cc1. The van der Waals surface area contributed by atoms with E-state index in [1.165, 1.54) is 11.1 Å². The third kappa shape index (κ3) is 4.64. The van der Waals surface area contributed by atoms with Gasteiger partial charge in [-0.15, -0.1) is 0 Å². The Bertz CT molecular complexity index is 412. The van der Waals surface area contributed by atoms with Crippen LogP contribution in [0.15, 0.2) is 24.3 Å². The van der Waals surface area contributed by atoms with Crippen LogP contribution in [-0.4, -0.2) is 17.1 Å². The lowest BCUT2D eigenvalue weighted by molar-refractivity contribution is -0.139. The van der Waals surface area contributed by atoms with Crippen molar-refractivity contribution in [2.24, 2.45) is 5.92 Å². The van der Waals surface area contributed by atoms with Gasteiger partial charge in [-0.1, -0.05) is 58.4 Å². The minimum absolute atomic E-state index is 0.0757. The molecule has 0 spiro atoms. The van der Waals surface area contributed by atoms with E-state index in [0.29, 0.717) is 12.3 Å². The van der Waals surface area contributed by atoms with Gasteiger partial charge in [-0.05, 0) is 29.9 Å². The summed E-state index contributed by atoms with van der Waals surface area (Å²) in [5.41, 5.74) is 2.50. The lowest BCUT2D eigenvalue weighted by atomic mass is 9.93. The van der Waals surface area contributed by atoms with Gasteiger partial charge in [0.25, 0.3) is 0 Å². The van der Waals surface area contributed by atoms with Crippen LogP contribution >= 0.6 is 0 Å². The fraction of sp³-hybridized carbons (Fsp3) is 0.588. The van der Waals surface area contributed by atoms with E-state index >= 15 is 0 Å². The van der Waals surface area contributed by atoms with E-state index in [9.17, 15) is 9.90 Å². The Morgan fingerprint density at radius 3 is 2.20 bits per heavy atom. The Morgan fingerprint density at radius 2 is 1.80 bits per heavy atom. The van der Waals surface area contributed by atoms with Gasteiger partial charge in [0.2, 0.25) is 0 Å². The first-order chi connectivity index (χ1) is 9.49. The fourth-order valence-corrected chi connectivity index (χ4v) is 2.43. The highest BCUT2D eigenvalue weighted by molar-refractivity contribution is 5.73. The number of nitrogens with one attached hydrogen (secondary N) is 1. The molecular weight excluding hydrogens is 250 g/mol. The molecule has 0 radical (unpaired) electrons. The molecule has 0 aliphatic rings. The summed E-state index contributed by atoms with van der Waals surface area (Å²) in [5.74, 6) is -0.429. The van der Waals surface area contributed by atoms with E-state index in [1.54, 1.807) is 0 Å². The minimum atomic E-state index is -0.777. The molecule has 0 amide bonds. The molecule has 0 saturated heterocycles. The Balaban J connectivity index is 2.87. The van der Waals surface area contributed by atoms with E-state index in [4.69, 9.17) is 0 Å². The highest BCUT2D eigenvalue weighted by Gasteiger charge is 2.23. The zero-order valence-corrected chi connectivity index (χ0v) is 13.0. The first-order valence-electron chi connectivity index (χ1n) is 7.57. The maximum atomic E-state index is 11.2. The third-order valence-electron chi connectivity index (χ3n) is 3.63. The lowest BCUT2D eigenvalue weighted by Crippen LogP contribution is -2.40. The molecule has 0 bridgehead atoms. The van der Waals surface area contributed by atoms with Gasteiger partial charge in [-0.3, -0.25) is 10.1 Å². The van der Waals surface area contributed by atoms with Gasteiger partial charge in [-0.2, -0.15) is 0 Å². The molecule has 1 aromatic carbocycles. The van der Waals surface area contributed by atoms with Crippen molar-refractivity contribution in [1.29, 1.82) is 0 Å². The van der Waals surface area contributed by atoms with Gasteiger partial charge in [-0.25, -0.2) is 0 Å². The molecule has 20 heavy (non-hydrogen) atoms. The average Bonchev–Trinajstić information content (AvgIpc) is 2.40. The third-order valence-corrected chi connectivity index (χ3v) is 3.63. The summed E-state index contributed by atoms with van der Waals surface area (Å²) in [5, 5.41) is 12.5. The molecular formula is C17H27NO2. The van der Waals surface area contributed by atoms with Crippen LogP contribution in [0.4, 0.5) is 0 Å². The van der Waals surface area contributed by atoms with Gasteiger partial charge in [0.1, 0.15) is 6.04 Å². The fourth-order valence-electron chi connectivity index (χ4n) is 2.43. The normalized spacial score (nSPS) is 14.2. The van der Waals surface area contributed by atoms with Crippen molar-refractivity contribution in [2.45, 2.75) is 59.0 Å². The molecule has 2 unspecified atom stereocenters. The number of hydrogen-bond acceptors (Lipinski definition) is 2. The molecule has 112 valence electrons. The number of aliphatic carboxylic acids is 1. The molecule has 0 aliphatic carbocycles. The highest BCUT2D eigenvalue weighted by Crippen LogP contribution is 2.23. The standard InChI is InChI=1S/C17H27NO2/c1-5-7-13-8-10-14(11-9-13)16(12(3)4)18-15(6-2)17(19)20/h8-12,15-16,18H,5-7H2,1-4H3,(H,19,20). The number of hydrogen-bond donors (Lipinski definition) is 2. The molecule has 2 atom stereocenters. The Labute approximate surface area is 122 Å². The second-order valence-electron chi connectivity index (χ2n) is 5.68. The van der Waals surface area contributed by atoms with Crippen molar-refractivity contribution >= 4 is 5.97 Å². The molecule has 3 heteroatoms. The second kappa shape index (κ2) is 8.05. The van der Waals surface area contributed by atoms with E-state index < -0.39 is 12.0 Å². The van der Waals surface area contributed by atoms with Crippen molar-refractivity contribution in [3.63, 3.8) is 0 Å². The summed E-state index contributed by atoms with van der Waals surface area (Å²) < 4.78 is 0. The number of carbonyl (C=O) groups is 1. The summed E-state index contributed by atoms with van der Waals surface area (Å²) in [7, 11) is 0. The monoisotopic (exact) mass is 277 g/mol. The summed E-state index contributed by atoms with van der Waals surface area (Å²) in [6.45, 7) is 8.30. The van der Waals surface area contributed by atoms with Gasteiger partial charge in [0.15, 0.2) is 0 Å². The van der Waals surface area contributed by atoms with E-state index in [0.717, 1.165) is 12.8 Å². The predicted octanol–water partition coefficient (Wildman–Crippen LogP) is 3.79. The van der Waals surface area contributed by atoms with Gasteiger partial charge in [0.05, 0.1) is 0 Å². The molecule has 1 aromatic rings. The Morgan fingerprint density at radius 1 is 1.20 bits per heavy atom. The summed E-state index contributed by atoms with van der Waals surface area (Å²) in [6, 6.07) is 8.13. The summed E-state index contributed by atoms with van der Waals surface area (Å²) in [4.78, 5) is 11.2. The Kier molecular flexibility index (Phi) is 6.73. The predicted molar refractivity (Wildman–Crippen MR) is 82.9 cm³/mol. The number of carboxylic acids is 1. The Hall–Kier alpha value is -1.35. The molecule has 0 aromatic heterocycles. The molecule has 2 N–H and O–H groups in total. The van der Waals surface area contributed by atoms with Crippen LogP contribution in [0, 0.1) is 5.92 Å². The zero-order valence-electron chi connectivity index (χ0n) is 13.0. The van der Waals surface area contributed by atoms with Crippen molar-refractivity contribution in [3.8, 4) is 0 Å². The van der Waals surface area contributed by atoms with Crippen LogP contribution in [0.2, 0.25) is 0 Å². The number of aryl methyl sites for hydroxylation is 1. The van der Waals surface area contributed by atoms with Crippen molar-refractivity contribution < 1.29 is 9.90 Å². The number of carboxylic acid groups (broad SMARTS) is 1. The quantitative estimate of drug-likeness (QED) is 0.760. The average molecular weight is 277 g/mol. The molecule has 3 nitrogen and oxygen atoms in total. The second-order valence-corrected chi connectivity index (χ2v) is 5.68. The van der Waals surface area contributed by atoms with Crippen LogP contribution < -0.4 is 5.32 Å². The summed E-state index contributed by atoms with van der Waals surface area (Å²) in [6.07, 6.45) is 2.82. The molecule has 0 aliphatic heterocycles. The van der Waals surface area contributed by atoms with Crippen LogP contribution in [0.5, 0.6) is 0 Å². The largest absolute Gasteiger partial charge is 0.480 e. The van der Waals surface area contributed by atoms with Crippen LogP contribution in [0.25, 0.3) is 0 Å². The van der Waals surface area contributed by atoms with Crippen molar-refractivity contribution in [3.05, 3.63) is 35.4 Å². The van der Waals surface area contributed by atoms with Gasteiger partial charge in [0, 0.05) is 6.04 Å². The van der Waals surface area contributed by atoms with E-state index in [1.807, 2.05) is 6.92 Å². The minimum Gasteiger partial charge on any atom is -0.480 e. The topological polar surface area (TPSA) is 49.3 Å². The highest BCUT2D eigenvalue weighted by atomic mass is 16.4. The van der Waals surface area contributed by atoms with E-state index in [2.05, 4.69) is 50.4 Å². The summed E-state index contributed by atoms with van der Waals surface area (Å²) >= 11 is 0. The smallest absolute Gasteiger partial charge is 0.320 e. The first kappa shape index (κ1) is 16.7. The maximum Gasteiger partial charge on any atom is 0.320 e. The molecule has 0 fully saturated rings. The van der Waals surface area contributed by atoms with Crippen LogP contribution in [0.1, 0.15) is 57.7 Å². The first-order valence-corrected chi connectivity index (χ1v) is 7.57. The number of rotatable bonds is 8. The van der Waals surface area contributed by atoms with E-state index in [-0.39, 0.29) is 6.04 Å². The van der Waals surface area contributed by atoms with Crippen molar-refractivity contribution in [1.82, 2.24) is 5.32 Å². The number of benzene rings is 1. The molecule has 0 saturated carbocycles. The maximum absolute atomic E-state index is 11.2. The van der Waals surface area contributed by atoms with Crippen LogP contribution in [-0.2, 0) is 11.2 Å².